The summed E-state index contributed by atoms with van der Waals surface area (Å²) in [6.45, 7) is 4.48. The van der Waals surface area contributed by atoms with Gasteiger partial charge in [-0.1, -0.05) is 0 Å². The number of nitrogens with zero attached hydrogens (tertiary/aromatic N) is 2. The van der Waals surface area contributed by atoms with Gasteiger partial charge in [-0.3, -0.25) is 9.78 Å². The Bertz CT molecular complexity index is 409. The fourth-order valence-corrected chi connectivity index (χ4v) is 1.26. The molecular formula is C9H12F3N3O. The highest BCUT2D eigenvalue weighted by Gasteiger charge is 2.33. The Hall–Kier alpha value is -1.53. The molecule has 0 amide bonds. The summed E-state index contributed by atoms with van der Waals surface area (Å²) >= 11 is 0. The van der Waals surface area contributed by atoms with E-state index >= 15 is 0 Å². The predicted octanol–water partition coefficient (Wildman–Crippen LogP) is 1.63. The molecule has 1 aromatic rings. The van der Waals surface area contributed by atoms with Crippen molar-refractivity contribution < 1.29 is 13.2 Å². The molecule has 0 saturated carbocycles. The van der Waals surface area contributed by atoms with Crippen LogP contribution in [0.2, 0.25) is 0 Å². The Kier molecular flexibility index (Phi) is 3.56. The number of rotatable bonds is 3. The van der Waals surface area contributed by atoms with Gasteiger partial charge in [-0.15, -0.1) is 0 Å². The number of aromatic nitrogens is 2. The van der Waals surface area contributed by atoms with Gasteiger partial charge < -0.3 is 4.90 Å². The van der Waals surface area contributed by atoms with Crippen LogP contribution in [0.5, 0.6) is 0 Å². The van der Waals surface area contributed by atoms with Gasteiger partial charge in [0.05, 0.1) is 0 Å². The molecule has 0 fully saturated rings. The van der Waals surface area contributed by atoms with E-state index in [1.165, 1.54) is 4.90 Å². The molecule has 1 heterocycles. The number of nitrogens with one attached hydrogen (secondary N) is 1. The smallest absolute Gasteiger partial charge is 0.343 e. The van der Waals surface area contributed by atoms with Crippen LogP contribution < -0.4 is 10.5 Å². The first-order valence-corrected chi connectivity index (χ1v) is 4.82. The van der Waals surface area contributed by atoms with E-state index in [0.717, 1.165) is 0 Å². The molecule has 0 unspecified atom stereocenters. The third kappa shape index (κ3) is 2.74. The minimum Gasteiger partial charge on any atom is -0.343 e. The molecule has 0 aliphatic carbocycles. The van der Waals surface area contributed by atoms with Crippen molar-refractivity contribution in [3.63, 3.8) is 0 Å². The Morgan fingerprint density at radius 3 is 2.38 bits per heavy atom. The van der Waals surface area contributed by atoms with Crippen LogP contribution in [0.1, 0.15) is 19.5 Å². The molecule has 0 aliphatic heterocycles. The summed E-state index contributed by atoms with van der Waals surface area (Å²) in [5, 5.41) is 0. The summed E-state index contributed by atoms with van der Waals surface area (Å²) in [6.07, 6.45) is -4.60. The number of alkyl halides is 3. The van der Waals surface area contributed by atoms with E-state index < -0.39 is 17.4 Å². The molecule has 1 N–H and O–H groups in total. The van der Waals surface area contributed by atoms with Crippen molar-refractivity contribution in [3.05, 3.63) is 22.1 Å². The SMILES string of the molecule is CCN(CC)c1nc(C(F)(F)F)cc(=O)[nH]1. The van der Waals surface area contributed by atoms with Crippen molar-refractivity contribution in [2.45, 2.75) is 20.0 Å². The maximum atomic E-state index is 12.4. The van der Waals surface area contributed by atoms with Crippen LogP contribution in [-0.2, 0) is 6.18 Å². The molecule has 1 aromatic heterocycles. The first-order valence-electron chi connectivity index (χ1n) is 4.82. The quantitative estimate of drug-likeness (QED) is 0.866. The number of H-pyrrole nitrogens is 1. The minimum atomic E-state index is -4.60. The summed E-state index contributed by atoms with van der Waals surface area (Å²) in [7, 11) is 0. The van der Waals surface area contributed by atoms with Crippen molar-refractivity contribution in [1.29, 1.82) is 0 Å². The number of hydrogen-bond donors (Lipinski definition) is 1. The fraction of sp³-hybridized carbons (Fsp3) is 0.556. The number of aromatic amines is 1. The van der Waals surface area contributed by atoms with Gasteiger partial charge in [0.15, 0.2) is 5.69 Å². The van der Waals surface area contributed by atoms with E-state index in [1.54, 1.807) is 13.8 Å². The fourth-order valence-electron chi connectivity index (χ4n) is 1.26. The third-order valence-corrected chi connectivity index (χ3v) is 2.08. The predicted molar refractivity (Wildman–Crippen MR) is 53.4 cm³/mol. The Morgan fingerprint density at radius 2 is 1.94 bits per heavy atom. The summed E-state index contributed by atoms with van der Waals surface area (Å²) in [4.78, 5) is 18.3. The summed E-state index contributed by atoms with van der Waals surface area (Å²) in [6, 6.07) is 0.451. The molecule has 0 radical (unpaired) electrons. The van der Waals surface area contributed by atoms with Crippen molar-refractivity contribution in [1.82, 2.24) is 9.97 Å². The Labute approximate surface area is 90.1 Å². The Balaban J connectivity index is 3.23. The van der Waals surface area contributed by atoms with Gasteiger partial charge in [-0.25, -0.2) is 4.98 Å². The van der Waals surface area contributed by atoms with Gasteiger partial charge in [-0.05, 0) is 13.8 Å². The lowest BCUT2D eigenvalue weighted by molar-refractivity contribution is -0.141. The van der Waals surface area contributed by atoms with Crippen LogP contribution in [-0.4, -0.2) is 23.1 Å². The maximum absolute atomic E-state index is 12.4. The largest absolute Gasteiger partial charge is 0.433 e. The average Bonchev–Trinajstić information content (AvgIpc) is 2.17. The molecule has 0 aromatic carbocycles. The number of anilines is 1. The first-order chi connectivity index (χ1) is 7.38. The molecule has 0 bridgehead atoms. The summed E-state index contributed by atoms with van der Waals surface area (Å²) in [5.74, 6) is -0.0511. The Morgan fingerprint density at radius 1 is 1.38 bits per heavy atom. The molecule has 0 spiro atoms. The van der Waals surface area contributed by atoms with Crippen molar-refractivity contribution in [2.24, 2.45) is 0 Å². The zero-order valence-corrected chi connectivity index (χ0v) is 8.93. The second kappa shape index (κ2) is 4.54. The van der Waals surface area contributed by atoms with Gasteiger partial charge in [-0.2, -0.15) is 13.2 Å². The van der Waals surface area contributed by atoms with Crippen molar-refractivity contribution in [2.75, 3.05) is 18.0 Å². The molecule has 7 heteroatoms. The van der Waals surface area contributed by atoms with Gasteiger partial charge in [0.25, 0.3) is 5.56 Å². The molecular weight excluding hydrogens is 223 g/mol. The van der Waals surface area contributed by atoms with Gasteiger partial charge in [0.2, 0.25) is 5.95 Å². The van der Waals surface area contributed by atoms with Crippen LogP contribution in [0, 0.1) is 0 Å². The molecule has 90 valence electrons. The zero-order chi connectivity index (χ0) is 12.3. The lowest BCUT2D eigenvalue weighted by atomic mass is 10.4. The summed E-state index contributed by atoms with van der Waals surface area (Å²) in [5.41, 5.74) is -1.97. The molecule has 16 heavy (non-hydrogen) atoms. The van der Waals surface area contributed by atoms with Crippen LogP contribution in [0.3, 0.4) is 0 Å². The van der Waals surface area contributed by atoms with E-state index in [2.05, 4.69) is 9.97 Å². The highest BCUT2D eigenvalue weighted by molar-refractivity contribution is 5.30. The summed E-state index contributed by atoms with van der Waals surface area (Å²) < 4.78 is 37.2. The van der Waals surface area contributed by atoms with Gasteiger partial charge >= 0.3 is 6.18 Å². The van der Waals surface area contributed by atoms with Crippen LogP contribution >= 0.6 is 0 Å². The van der Waals surface area contributed by atoms with E-state index in [1.807, 2.05) is 0 Å². The number of hydrogen-bond acceptors (Lipinski definition) is 3. The van der Waals surface area contributed by atoms with Crippen LogP contribution in [0.15, 0.2) is 10.9 Å². The first kappa shape index (κ1) is 12.5. The van der Waals surface area contributed by atoms with Gasteiger partial charge in [0.1, 0.15) is 0 Å². The lowest BCUT2D eigenvalue weighted by Crippen LogP contribution is -2.28. The molecule has 4 nitrogen and oxygen atoms in total. The van der Waals surface area contributed by atoms with E-state index in [0.29, 0.717) is 19.2 Å². The number of halogens is 3. The molecule has 1 rings (SSSR count). The topological polar surface area (TPSA) is 49.0 Å². The second-order valence-corrected chi connectivity index (χ2v) is 3.12. The normalized spacial score (nSPS) is 11.6. The van der Waals surface area contributed by atoms with E-state index in [-0.39, 0.29) is 5.95 Å². The van der Waals surface area contributed by atoms with E-state index in [9.17, 15) is 18.0 Å². The highest BCUT2D eigenvalue weighted by Crippen LogP contribution is 2.27. The maximum Gasteiger partial charge on any atom is 0.433 e. The van der Waals surface area contributed by atoms with Crippen molar-refractivity contribution in [3.8, 4) is 0 Å². The lowest BCUT2D eigenvalue weighted by Gasteiger charge is -2.19. The van der Waals surface area contributed by atoms with Crippen LogP contribution in [0.4, 0.5) is 19.1 Å². The molecule has 0 saturated heterocycles. The standard InChI is InChI=1S/C9H12F3N3O/c1-3-15(4-2)8-13-6(9(10,11)12)5-7(16)14-8/h5H,3-4H2,1-2H3,(H,13,14,16). The molecule has 0 aliphatic rings. The van der Waals surface area contributed by atoms with Gasteiger partial charge in [0, 0.05) is 19.2 Å². The zero-order valence-electron chi connectivity index (χ0n) is 8.93. The second-order valence-electron chi connectivity index (χ2n) is 3.12. The van der Waals surface area contributed by atoms with E-state index in [4.69, 9.17) is 0 Å². The van der Waals surface area contributed by atoms with Crippen molar-refractivity contribution >= 4 is 5.95 Å². The highest BCUT2D eigenvalue weighted by atomic mass is 19.4. The third-order valence-electron chi connectivity index (χ3n) is 2.08. The monoisotopic (exact) mass is 235 g/mol. The average molecular weight is 235 g/mol. The van der Waals surface area contributed by atoms with Crippen LogP contribution in [0.25, 0.3) is 0 Å². The molecule has 0 atom stereocenters. The minimum absolute atomic E-state index is 0.0511.